The Morgan fingerprint density at radius 2 is 1.54 bits per heavy atom. The van der Waals surface area contributed by atoms with Gasteiger partial charge in [-0.2, -0.15) is 0 Å². The molecule has 0 bridgehead atoms. The number of rotatable bonds is 4. The van der Waals surface area contributed by atoms with Crippen molar-refractivity contribution in [2.75, 3.05) is 10.6 Å². The van der Waals surface area contributed by atoms with Crippen LogP contribution in [0.15, 0.2) is 48.8 Å². The molecule has 0 saturated carbocycles. The fourth-order valence-corrected chi connectivity index (χ4v) is 2.31. The second-order valence-corrected chi connectivity index (χ2v) is 5.49. The van der Waals surface area contributed by atoms with Crippen LogP contribution in [0, 0.1) is 25.5 Å². The maximum absolute atomic E-state index is 13.3. The van der Waals surface area contributed by atoms with E-state index in [4.69, 9.17) is 0 Å². The molecular weight excluding hydrogens is 310 g/mol. The number of nitrogens with zero attached hydrogens (tertiary/aromatic N) is 2. The first-order valence-electron chi connectivity index (χ1n) is 7.39. The highest BCUT2D eigenvalue weighted by Gasteiger charge is 2.05. The highest BCUT2D eigenvalue weighted by molar-refractivity contribution is 5.65. The zero-order chi connectivity index (χ0) is 17.1. The monoisotopic (exact) mass is 326 g/mol. The highest BCUT2D eigenvalue weighted by atomic mass is 19.2. The molecule has 2 aromatic carbocycles. The van der Waals surface area contributed by atoms with E-state index in [2.05, 4.69) is 26.7 Å². The molecule has 0 spiro atoms. The van der Waals surface area contributed by atoms with Crippen molar-refractivity contribution in [1.82, 2.24) is 9.97 Å². The van der Waals surface area contributed by atoms with Crippen LogP contribution in [0.25, 0.3) is 0 Å². The molecule has 0 amide bonds. The maximum Gasteiger partial charge on any atom is 0.160 e. The Labute approximate surface area is 138 Å². The first-order chi connectivity index (χ1) is 11.5. The van der Waals surface area contributed by atoms with Gasteiger partial charge in [0.15, 0.2) is 11.6 Å². The van der Waals surface area contributed by atoms with Crippen LogP contribution in [0.3, 0.4) is 0 Å². The molecule has 0 unspecified atom stereocenters. The summed E-state index contributed by atoms with van der Waals surface area (Å²) < 4.78 is 26.2. The molecule has 4 nitrogen and oxygen atoms in total. The quantitative estimate of drug-likeness (QED) is 0.719. The lowest BCUT2D eigenvalue weighted by Gasteiger charge is -2.11. The van der Waals surface area contributed by atoms with Crippen molar-refractivity contribution in [3.8, 4) is 0 Å². The van der Waals surface area contributed by atoms with Crippen LogP contribution in [0.2, 0.25) is 0 Å². The second kappa shape index (κ2) is 6.62. The van der Waals surface area contributed by atoms with Gasteiger partial charge in [0, 0.05) is 23.5 Å². The van der Waals surface area contributed by atoms with Crippen molar-refractivity contribution < 1.29 is 8.78 Å². The van der Waals surface area contributed by atoms with E-state index in [-0.39, 0.29) is 0 Å². The van der Waals surface area contributed by atoms with E-state index in [0.29, 0.717) is 17.3 Å². The highest BCUT2D eigenvalue weighted by Crippen LogP contribution is 2.23. The van der Waals surface area contributed by atoms with Gasteiger partial charge in [-0.25, -0.2) is 18.7 Å². The number of anilines is 4. The molecule has 1 aromatic heterocycles. The first-order valence-corrected chi connectivity index (χ1v) is 7.39. The molecule has 0 saturated heterocycles. The van der Waals surface area contributed by atoms with Crippen molar-refractivity contribution >= 4 is 23.0 Å². The minimum Gasteiger partial charge on any atom is -0.340 e. The molecule has 0 aliphatic carbocycles. The lowest BCUT2D eigenvalue weighted by molar-refractivity contribution is 0.509. The van der Waals surface area contributed by atoms with Gasteiger partial charge in [-0.05, 0) is 37.6 Å². The van der Waals surface area contributed by atoms with Crippen LogP contribution < -0.4 is 10.6 Å². The van der Waals surface area contributed by atoms with Gasteiger partial charge in [0.2, 0.25) is 0 Å². The third-order valence-electron chi connectivity index (χ3n) is 3.50. The van der Waals surface area contributed by atoms with Crippen LogP contribution in [0.1, 0.15) is 11.1 Å². The van der Waals surface area contributed by atoms with E-state index in [0.717, 1.165) is 23.4 Å². The Hall–Kier alpha value is -3.02. The van der Waals surface area contributed by atoms with Crippen molar-refractivity contribution in [2.24, 2.45) is 0 Å². The van der Waals surface area contributed by atoms with E-state index >= 15 is 0 Å². The molecule has 3 rings (SSSR count). The van der Waals surface area contributed by atoms with Gasteiger partial charge in [-0.1, -0.05) is 17.7 Å². The number of hydrogen-bond acceptors (Lipinski definition) is 4. The van der Waals surface area contributed by atoms with Gasteiger partial charge in [-0.15, -0.1) is 0 Å². The van der Waals surface area contributed by atoms with Gasteiger partial charge in [-0.3, -0.25) is 0 Å². The van der Waals surface area contributed by atoms with Gasteiger partial charge >= 0.3 is 0 Å². The Morgan fingerprint density at radius 1 is 0.792 bits per heavy atom. The van der Waals surface area contributed by atoms with E-state index in [1.165, 1.54) is 18.0 Å². The van der Waals surface area contributed by atoms with Crippen molar-refractivity contribution in [3.05, 3.63) is 71.6 Å². The number of nitrogens with one attached hydrogen (secondary N) is 2. The van der Waals surface area contributed by atoms with Crippen LogP contribution in [-0.4, -0.2) is 9.97 Å². The van der Waals surface area contributed by atoms with Crippen molar-refractivity contribution in [3.63, 3.8) is 0 Å². The van der Waals surface area contributed by atoms with E-state index < -0.39 is 11.6 Å². The fraction of sp³-hybridized carbons (Fsp3) is 0.111. The molecule has 0 aliphatic rings. The third kappa shape index (κ3) is 3.65. The van der Waals surface area contributed by atoms with Crippen molar-refractivity contribution in [1.29, 1.82) is 0 Å². The fourth-order valence-electron chi connectivity index (χ4n) is 2.31. The summed E-state index contributed by atoms with van der Waals surface area (Å²) in [6, 6.07) is 11.3. The number of aryl methyl sites for hydroxylation is 2. The lowest BCUT2D eigenvalue weighted by atomic mass is 10.1. The Bertz CT molecular complexity index is 881. The molecule has 1 heterocycles. The number of benzene rings is 2. The Kier molecular flexibility index (Phi) is 4.37. The zero-order valence-corrected chi connectivity index (χ0v) is 13.3. The first kappa shape index (κ1) is 15.9. The summed E-state index contributed by atoms with van der Waals surface area (Å²) >= 11 is 0. The average molecular weight is 326 g/mol. The minimum atomic E-state index is -0.914. The normalized spacial score (nSPS) is 10.5. The molecule has 2 N–H and O–H groups in total. The van der Waals surface area contributed by atoms with Crippen LogP contribution in [0.4, 0.5) is 31.8 Å². The zero-order valence-electron chi connectivity index (χ0n) is 13.3. The average Bonchev–Trinajstić information content (AvgIpc) is 2.54. The van der Waals surface area contributed by atoms with Gasteiger partial charge in [0.25, 0.3) is 0 Å². The molecular formula is C18H16F2N4. The van der Waals surface area contributed by atoms with Crippen LogP contribution in [-0.2, 0) is 0 Å². The standard InChI is InChI=1S/C18H16F2N4/c1-11-3-6-16(12(2)7-11)24-18-9-17(21-10-22-18)23-13-4-5-14(19)15(20)8-13/h3-10H,1-2H3,(H2,21,22,23,24). The van der Waals surface area contributed by atoms with E-state index in [9.17, 15) is 8.78 Å². The molecule has 0 aliphatic heterocycles. The second-order valence-electron chi connectivity index (χ2n) is 5.49. The maximum atomic E-state index is 13.3. The number of hydrogen-bond donors (Lipinski definition) is 2. The van der Waals surface area contributed by atoms with Gasteiger partial charge in [0.1, 0.15) is 18.0 Å². The predicted molar refractivity (Wildman–Crippen MR) is 90.9 cm³/mol. The third-order valence-corrected chi connectivity index (χ3v) is 3.50. The van der Waals surface area contributed by atoms with Gasteiger partial charge in [0.05, 0.1) is 0 Å². The minimum absolute atomic E-state index is 0.407. The summed E-state index contributed by atoms with van der Waals surface area (Å²) in [4.78, 5) is 8.26. The van der Waals surface area contributed by atoms with Crippen LogP contribution >= 0.6 is 0 Å². The molecule has 3 aromatic rings. The SMILES string of the molecule is Cc1ccc(Nc2cc(Nc3ccc(F)c(F)c3)ncn2)c(C)c1. The molecule has 0 atom stereocenters. The summed E-state index contributed by atoms with van der Waals surface area (Å²) in [6.07, 6.45) is 1.40. The van der Waals surface area contributed by atoms with Crippen molar-refractivity contribution in [2.45, 2.75) is 13.8 Å². The van der Waals surface area contributed by atoms with E-state index in [1.54, 1.807) is 6.07 Å². The predicted octanol–water partition coefficient (Wildman–Crippen LogP) is 4.86. The molecule has 24 heavy (non-hydrogen) atoms. The summed E-state index contributed by atoms with van der Waals surface area (Å²) in [7, 11) is 0. The molecule has 0 fully saturated rings. The van der Waals surface area contributed by atoms with Gasteiger partial charge < -0.3 is 10.6 Å². The lowest BCUT2D eigenvalue weighted by Crippen LogP contribution is -2.00. The molecule has 0 radical (unpaired) electrons. The van der Waals surface area contributed by atoms with Crippen LogP contribution in [0.5, 0.6) is 0 Å². The number of aromatic nitrogens is 2. The topological polar surface area (TPSA) is 49.8 Å². The largest absolute Gasteiger partial charge is 0.340 e. The number of halogens is 2. The Morgan fingerprint density at radius 3 is 2.25 bits per heavy atom. The summed E-state index contributed by atoms with van der Waals surface area (Å²) in [5.41, 5.74) is 3.63. The Balaban J connectivity index is 1.79. The van der Waals surface area contributed by atoms with E-state index in [1.807, 2.05) is 26.0 Å². The molecule has 122 valence electrons. The summed E-state index contributed by atoms with van der Waals surface area (Å²) in [6.45, 7) is 4.04. The smallest absolute Gasteiger partial charge is 0.160 e. The molecule has 6 heteroatoms. The summed E-state index contributed by atoms with van der Waals surface area (Å²) in [5, 5.41) is 6.14. The summed E-state index contributed by atoms with van der Waals surface area (Å²) in [5.74, 6) is -0.728.